The fourth-order valence-electron chi connectivity index (χ4n) is 3.11. The summed E-state index contributed by atoms with van der Waals surface area (Å²) in [6, 6.07) is 11.0. The molecule has 2 rings (SSSR count). The van der Waals surface area contributed by atoms with E-state index in [1.807, 2.05) is 0 Å². The van der Waals surface area contributed by atoms with Gasteiger partial charge < -0.3 is 10.2 Å². The van der Waals surface area contributed by atoms with Crippen molar-refractivity contribution in [3.63, 3.8) is 0 Å². The third-order valence-electron chi connectivity index (χ3n) is 4.58. The van der Waals surface area contributed by atoms with E-state index in [1.54, 1.807) is 0 Å². The van der Waals surface area contributed by atoms with Crippen LogP contribution in [0.3, 0.4) is 0 Å². The van der Waals surface area contributed by atoms with Gasteiger partial charge in [0.25, 0.3) is 0 Å². The summed E-state index contributed by atoms with van der Waals surface area (Å²) < 4.78 is 0. The second-order valence-corrected chi connectivity index (χ2v) is 6.91. The molecule has 1 heterocycles. The number of rotatable bonds is 8. The van der Waals surface area contributed by atoms with Crippen molar-refractivity contribution in [2.24, 2.45) is 11.8 Å². The van der Waals surface area contributed by atoms with Crippen LogP contribution in [0.25, 0.3) is 0 Å². The van der Waals surface area contributed by atoms with Gasteiger partial charge in [0.2, 0.25) is 0 Å². The van der Waals surface area contributed by atoms with Crippen LogP contribution in [0, 0.1) is 11.8 Å². The number of benzene rings is 1. The van der Waals surface area contributed by atoms with Crippen molar-refractivity contribution < 1.29 is 0 Å². The minimum Gasteiger partial charge on any atom is -0.315 e. The molecule has 1 aromatic carbocycles. The van der Waals surface area contributed by atoms with E-state index in [2.05, 4.69) is 54.4 Å². The lowest BCUT2D eigenvalue weighted by molar-refractivity contribution is 0.184. The quantitative estimate of drug-likeness (QED) is 0.736. The first-order valence-electron chi connectivity index (χ1n) is 8.71. The standard InChI is InChI=1S/C19H32N2/c1-17(2)8-11-20-12-15-21-13-9-19(10-14-21)16-18-6-4-3-5-7-18/h3-7,17,19-20H,8-16H2,1-2H3. The smallest absolute Gasteiger partial charge is 0.0107 e. The molecule has 1 aromatic rings. The van der Waals surface area contributed by atoms with Crippen molar-refractivity contribution in [3.8, 4) is 0 Å². The van der Waals surface area contributed by atoms with Gasteiger partial charge in [0.05, 0.1) is 0 Å². The van der Waals surface area contributed by atoms with Gasteiger partial charge in [-0.2, -0.15) is 0 Å². The molecule has 1 aliphatic rings. The molecule has 0 bridgehead atoms. The minimum atomic E-state index is 0.811. The highest BCUT2D eigenvalue weighted by atomic mass is 15.1. The summed E-state index contributed by atoms with van der Waals surface area (Å²) in [6.45, 7) is 10.7. The topological polar surface area (TPSA) is 15.3 Å². The maximum absolute atomic E-state index is 3.57. The van der Waals surface area contributed by atoms with E-state index >= 15 is 0 Å². The summed E-state index contributed by atoms with van der Waals surface area (Å²) in [4.78, 5) is 2.63. The Hall–Kier alpha value is -0.860. The number of nitrogens with zero attached hydrogens (tertiary/aromatic N) is 1. The number of hydrogen-bond donors (Lipinski definition) is 1. The summed E-state index contributed by atoms with van der Waals surface area (Å²) in [5.41, 5.74) is 1.51. The third-order valence-corrected chi connectivity index (χ3v) is 4.58. The summed E-state index contributed by atoms with van der Waals surface area (Å²) in [5.74, 6) is 1.70. The first-order valence-corrected chi connectivity index (χ1v) is 8.71. The lowest BCUT2D eigenvalue weighted by Crippen LogP contribution is -2.38. The second kappa shape index (κ2) is 9.22. The molecule has 1 N–H and O–H groups in total. The molecule has 21 heavy (non-hydrogen) atoms. The maximum Gasteiger partial charge on any atom is 0.0107 e. The molecule has 118 valence electrons. The molecule has 1 fully saturated rings. The number of likely N-dealkylation sites (tertiary alicyclic amines) is 1. The summed E-state index contributed by atoms with van der Waals surface area (Å²) in [7, 11) is 0. The Morgan fingerprint density at radius 3 is 2.48 bits per heavy atom. The van der Waals surface area contributed by atoms with E-state index in [0.29, 0.717) is 0 Å². The molecule has 0 atom stereocenters. The molecule has 0 spiro atoms. The van der Waals surface area contributed by atoms with Crippen LogP contribution < -0.4 is 5.32 Å². The van der Waals surface area contributed by atoms with E-state index < -0.39 is 0 Å². The molecule has 1 saturated heterocycles. The van der Waals surface area contributed by atoms with Gasteiger partial charge in [-0.15, -0.1) is 0 Å². The first kappa shape index (κ1) is 16.5. The van der Waals surface area contributed by atoms with E-state index in [-0.39, 0.29) is 0 Å². The molecule has 0 aliphatic carbocycles. The highest BCUT2D eigenvalue weighted by Crippen LogP contribution is 2.21. The predicted octanol–water partition coefficient (Wildman–Crippen LogP) is 3.58. The van der Waals surface area contributed by atoms with Gasteiger partial charge in [0.15, 0.2) is 0 Å². The molecular formula is C19H32N2. The first-order chi connectivity index (χ1) is 10.2. The zero-order valence-corrected chi connectivity index (χ0v) is 13.9. The Morgan fingerprint density at radius 2 is 1.81 bits per heavy atom. The second-order valence-electron chi connectivity index (χ2n) is 6.91. The third kappa shape index (κ3) is 6.62. The molecule has 2 heteroatoms. The Labute approximate surface area is 130 Å². The van der Waals surface area contributed by atoms with Crippen LogP contribution in [0.4, 0.5) is 0 Å². The van der Waals surface area contributed by atoms with Crippen LogP contribution in [0.1, 0.15) is 38.7 Å². The average molecular weight is 288 g/mol. The van der Waals surface area contributed by atoms with Crippen molar-refractivity contribution in [2.45, 2.75) is 39.5 Å². The van der Waals surface area contributed by atoms with Gasteiger partial charge in [-0.1, -0.05) is 44.2 Å². The Balaban J connectivity index is 1.56. The van der Waals surface area contributed by atoms with E-state index in [0.717, 1.165) is 18.4 Å². The van der Waals surface area contributed by atoms with Crippen molar-refractivity contribution in [1.82, 2.24) is 10.2 Å². The fourth-order valence-corrected chi connectivity index (χ4v) is 3.11. The average Bonchev–Trinajstić information content (AvgIpc) is 2.49. The molecular weight excluding hydrogens is 256 g/mol. The molecule has 2 nitrogen and oxygen atoms in total. The van der Waals surface area contributed by atoms with Gasteiger partial charge in [-0.05, 0) is 62.7 Å². The van der Waals surface area contributed by atoms with Gasteiger partial charge in [-0.25, -0.2) is 0 Å². The Kier molecular flexibility index (Phi) is 7.25. The molecule has 0 aromatic heterocycles. The molecule has 0 radical (unpaired) electrons. The fraction of sp³-hybridized carbons (Fsp3) is 0.684. The van der Waals surface area contributed by atoms with Crippen molar-refractivity contribution >= 4 is 0 Å². The van der Waals surface area contributed by atoms with Gasteiger partial charge in [-0.3, -0.25) is 0 Å². The largest absolute Gasteiger partial charge is 0.315 e. The Bertz CT molecular complexity index is 366. The number of piperidine rings is 1. The van der Waals surface area contributed by atoms with Crippen LogP contribution in [0.15, 0.2) is 30.3 Å². The SMILES string of the molecule is CC(C)CCNCCN1CCC(Cc2ccccc2)CC1. The molecule has 0 saturated carbocycles. The monoisotopic (exact) mass is 288 g/mol. The van der Waals surface area contributed by atoms with E-state index in [4.69, 9.17) is 0 Å². The van der Waals surface area contributed by atoms with Crippen LogP contribution in [-0.4, -0.2) is 37.6 Å². The highest BCUT2D eigenvalue weighted by molar-refractivity contribution is 5.15. The molecule has 1 aliphatic heterocycles. The number of nitrogens with one attached hydrogen (secondary N) is 1. The van der Waals surface area contributed by atoms with Crippen LogP contribution in [0.2, 0.25) is 0 Å². The van der Waals surface area contributed by atoms with Crippen LogP contribution in [0.5, 0.6) is 0 Å². The van der Waals surface area contributed by atoms with Crippen LogP contribution in [-0.2, 0) is 6.42 Å². The summed E-state index contributed by atoms with van der Waals surface area (Å²) in [6.07, 6.45) is 5.28. The van der Waals surface area contributed by atoms with Gasteiger partial charge >= 0.3 is 0 Å². The summed E-state index contributed by atoms with van der Waals surface area (Å²) >= 11 is 0. The maximum atomic E-state index is 3.57. The van der Waals surface area contributed by atoms with E-state index in [9.17, 15) is 0 Å². The van der Waals surface area contributed by atoms with Crippen molar-refractivity contribution in [1.29, 1.82) is 0 Å². The zero-order valence-electron chi connectivity index (χ0n) is 13.9. The predicted molar refractivity (Wildman–Crippen MR) is 91.6 cm³/mol. The zero-order chi connectivity index (χ0) is 14.9. The van der Waals surface area contributed by atoms with Gasteiger partial charge in [0, 0.05) is 13.1 Å². The minimum absolute atomic E-state index is 0.811. The Morgan fingerprint density at radius 1 is 1.10 bits per heavy atom. The lowest BCUT2D eigenvalue weighted by Gasteiger charge is -2.32. The normalized spacial score (nSPS) is 17.5. The highest BCUT2D eigenvalue weighted by Gasteiger charge is 2.18. The lowest BCUT2D eigenvalue weighted by atomic mass is 9.90. The molecule has 0 unspecified atom stereocenters. The van der Waals surface area contributed by atoms with Crippen molar-refractivity contribution in [2.75, 3.05) is 32.7 Å². The van der Waals surface area contributed by atoms with E-state index in [1.165, 1.54) is 57.4 Å². The summed E-state index contributed by atoms with van der Waals surface area (Å²) in [5, 5.41) is 3.57. The van der Waals surface area contributed by atoms with Crippen molar-refractivity contribution in [3.05, 3.63) is 35.9 Å². The molecule has 0 amide bonds. The van der Waals surface area contributed by atoms with Crippen LogP contribution >= 0.6 is 0 Å². The number of hydrogen-bond acceptors (Lipinski definition) is 2. The van der Waals surface area contributed by atoms with Gasteiger partial charge in [0.1, 0.15) is 0 Å².